The summed E-state index contributed by atoms with van der Waals surface area (Å²) in [4.78, 5) is 44.7. The molecular weight excluding hydrogens is 452 g/mol. The van der Waals surface area contributed by atoms with E-state index in [2.05, 4.69) is 15.5 Å². The van der Waals surface area contributed by atoms with Crippen LogP contribution in [0.1, 0.15) is 40.5 Å². The predicted octanol–water partition coefficient (Wildman–Crippen LogP) is -0.401. The number of nitrogens with zero attached hydrogens (tertiary/aromatic N) is 2. The largest absolute Gasteiger partial charge is 0.394 e. The SMILES string of the molecule is CNC(=O)[C@H]1[C@H]2C(=O)N([C@@H](CO)CC(C)C)C(C(=O)NCCN3CCOCC3)C23CC(C)[C@]1(C)O3. The fraction of sp³-hybridized carbons (Fsp3) is 0.880. The maximum absolute atomic E-state index is 14.0. The number of ether oxygens (including phenoxy) is 2. The van der Waals surface area contributed by atoms with E-state index < -0.39 is 35.1 Å². The number of amides is 3. The van der Waals surface area contributed by atoms with E-state index in [1.165, 1.54) is 0 Å². The van der Waals surface area contributed by atoms with Crippen LogP contribution >= 0.6 is 0 Å². The van der Waals surface area contributed by atoms with E-state index in [-0.39, 0.29) is 36.2 Å². The Morgan fingerprint density at radius 1 is 1.23 bits per heavy atom. The molecular formula is C25H42N4O6. The zero-order chi connectivity index (χ0) is 25.5. The standard InChI is InChI=1S/C25H42N4O6/c1-15(2)12-17(14-30)29-20(22(32)27-6-7-28-8-10-34-11-9-28)25-13-16(3)24(4,35-25)18(21(31)26-5)19(25)23(29)33/h15-20,30H,6-14H2,1-5H3,(H,26,31)(H,27,32)/t16?,17-,18-,19+,20?,24+,25?/m1/s1. The molecule has 1 spiro atoms. The lowest BCUT2D eigenvalue weighted by atomic mass is 9.62. The topological polar surface area (TPSA) is 120 Å². The minimum atomic E-state index is -1.09. The number of fused-ring (bicyclic) bond motifs is 1. The summed E-state index contributed by atoms with van der Waals surface area (Å²) in [6.07, 6.45) is 1.07. The zero-order valence-electron chi connectivity index (χ0n) is 21.7. The van der Waals surface area contributed by atoms with Gasteiger partial charge in [-0.2, -0.15) is 0 Å². The first kappa shape index (κ1) is 26.3. The number of aliphatic hydroxyl groups excluding tert-OH is 1. The van der Waals surface area contributed by atoms with Gasteiger partial charge >= 0.3 is 0 Å². The number of aliphatic hydroxyl groups is 1. The third kappa shape index (κ3) is 4.26. The normalized spacial score (nSPS) is 37.6. The molecule has 4 saturated heterocycles. The molecule has 4 aliphatic heterocycles. The van der Waals surface area contributed by atoms with Gasteiger partial charge in [0.05, 0.1) is 43.3 Å². The highest BCUT2D eigenvalue weighted by atomic mass is 16.5. The maximum Gasteiger partial charge on any atom is 0.245 e. The highest BCUT2D eigenvalue weighted by Crippen LogP contribution is 2.65. The average Bonchev–Trinajstić information content (AvgIpc) is 3.34. The van der Waals surface area contributed by atoms with Crippen molar-refractivity contribution in [2.45, 2.75) is 63.8 Å². The van der Waals surface area contributed by atoms with Crippen LogP contribution < -0.4 is 10.6 Å². The Hall–Kier alpha value is -1.75. The summed E-state index contributed by atoms with van der Waals surface area (Å²) in [6, 6.07) is -1.41. The molecule has 3 unspecified atom stereocenters. The summed E-state index contributed by atoms with van der Waals surface area (Å²) < 4.78 is 12.1. The van der Waals surface area contributed by atoms with Gasteiger partial charge in [0, 0.05) is 33.2 Å². The van der Waals surface area contributed by atoms with Crippen molar-refractivity contribution >= 4 is 17.7 Å². The second-order valence-corrected chi connectivity index (χ2v) is 11.3. The van der Waals surface area contributed by atoms with Gasteiger partial charge in [-0.3, -0.25) is 19.3 Å². The summed E-state index contributed by atoms with van der Waals surface area (Å²) in [5, 5.41) is 16.1. The molecule has 3 amide bonds. The maximum atomic E-state index is 14.0. The molecule has 0 aliphatic carbocycles. The molecule has 4 rings (SSSR count). The van der Waals surface area contributed by atoms with Crippen LogP contribution in [0.2, 0.25) is 0 Å². The summed E-state index contributed by atoms with van der Waals surface area (Å²) in [6.45, 7) is 11.9. The molecule has 0 aromatic rings. The van der Waals surface area contributed by atoms with E-state index in [0.717, 1.165) is 13.1 Å². The summed E-state index contributed by atoms with van der Waals surface area (Å²) in [5.74, 6) is -2.00. The molecule has 4 fully saturated rings. The summed E-state index contributed by atoms with van der Waals surface area (Å²) in [5.41, 5.74) is -1.92. The first-order chi connectivity index (χ1) is 16.6. The van der Waals surface area contributed by atoms with Gasteiger partial charge in [0.1, 0.15) is 11.6 Å². The van der Waals surface area contributed by atoms with Gasteiger partial charge in [-0.05, 0) is 31.6 Å². The zero-order valence-corrected chi connectivity index (χ0v) is 21.7. The molecule has 4 heterocycles. The van der Waals surface area contributed by atoms with E-state index in [1.54, 1.807) is 11.9 Å². The van der Waals surface area contributed by atoms with Crippen LogP contribution in [0.25, 0.3) is 0 Å². The number of likely N-dealkylation sites (tertiary alicyclic amines) is 1. The number of rotatable bonds is 9. The van der Waals surface area contributed by atoms with Crippen molar-refractivity contribution in [3.8, 4) is 0 Å². The molecule has 3 N–H and O–H groups in total. The van der Waals surface area contributed by atoms with Gasteiger partial charge in [0.15, 0.2) is 0 Å². The Balaban J connectivity index is 1.65. The van der Waals surface area contributed by atoms with Crippen LogP contribution in [0.4, 0.5) is 0 Å². The van der Waals surface area contributed by atoms with Crippen LogP contribution in [-0.2, 0) is 23.9 Å². The van der Waals surface area contributed by atoms with Crippen molar-refractivity contribution in [3.63, 3.8) is 0 Å². The number of nitrogens with one attached hydrogen (secondary N) is 2. The highest BCUT2D eigenvalue weighted by molar-refractivity contribution is 5.99. The smallest absolute Gasteiger partial charge is 0.245 e. The van der Waals surface area contributed by atoms with Gasteiger partial charge in [-0.1, -0.05) is 20.8 Å². The average molecular weight is 495 g/mol. The number of carbonyl (C=O) groups is 3. The molecule has 7 atom stereocenters. The van der Waals surface area contributed by atoms with Crippen molar-refractivity contribution in [2.24, 2.45) is 23.7 Å². The second kappa shape index (κ2) is 9.95. The van der Waals surface area contributed by atoms with Gasteiger partial charge in [-0.15, -0.1) is 0 Å². The van der Waals surface area contributed by atoms with Crippen LogP contribution in [0.5, 0.6) is 0 Å². The van der Waals surface area contributed by atoms with E-state index in [0.29, 0.717) is 39.1 Å². The lowest BCUT2D eigenvalue weighted by Crippen LogP contribution is -2.59. The van der Waals surface area contributed by atoms with Gasteiger partial charge in [0.25, 0.3) is 0 Å². The Morgan fingerprint density at radius 2 is 1.91 bits per heavy atom. The van der Waals surface area contributed by atoms with E-state index in [9.17, 15) is 19.5 Å². The van der Waals surface area contributed by atoms with Crippen molar-refractivity contribution in [3.05, 3.63) is 0 Å². The van der Waals surface area contributed by atoms with Crippen LogP contribution in [0.3, 0.4) is 0 Å². The number of carbonyl (C=O) groups excluding carboxylic acids is 3. The molecule has 0 radical (unpaired) electrons. The van der Waals surface area contributed by atoms with Crippen LogP contribution in [0, 0.1) is 23.7 Å². The molecule has 198 valence electrons. The quantitative estimate of drug-likeness (QED) is 0.399. The highest BCUT2D eigenvalue weighted by Gasteiger charge is 2.80. The molecule has 10 nitrogen and oxygen atoms in total. The van der Waals surface area contributed by atoms with Crippen molar-refractivity contribution in [2.75, 3.05) is 53.0 Å². The first-order valence-electron chi connectivity index (χ1n) is 13.0. The van der Waals surface area contributed by atoms with Gasteiger partial charge in [0.2, 0.25) is 17.7 Å². The monoisotopic (exact) mass is 494 g/mol. The summed E-state index contributed by atoms with van der Waals surface area (Å²) >= 11 is 0. The minimum absolute atomic E-state index is 0.00451. The van der Waals surface area contributed by atoms with Gasteiger partial charge < -0.3 is 30.1 Å². The second-order valence-electron chi connectivity index (χ2n) is 11.3. The number of hydrogen-bond acceptors (Lipinski definition) is 7. The molecule has 2 bridgehead atoms. The first-order valence-corrected chi connectivity index (χ1v) is 13.0. The molecule has 4 aliphatic rings. The molecule has 0 aromatic heterocycles. The Morgan fingerprint density at radius 3 is 2.51 bits per heavy atom. The van der Waals surface area contributed by atoms with E-state index >= 15 is 0 Å². The Bertz CT molecular complexity index is 833. The Kier molecular flexibility index (Phi) is 7.48. The van der Waals surface area contributed by atoms with E-state index in [1.807, 2.05) is 27.7 Å². The van der Waals surface area contributed by atoms with Crippen molar-refractivity contribution in [1.29, 1.82) is 0 Å². The van der Waals surface area contributed by atoms with Crippen molar-refractivity contribution < 1.29 is 29.0 Å². The third-order valence-electron chi connectivity index (χ3n) is 8.71. The minimum Gasteiger partial charge on any atom is -0.394 e. The fourth-order valence-corrected chi connectivity index (χ4v) is 7.00. The molecule has 0 saturated carbocycles. The Labute approximate surface area is 208 Å². The fourth-order valence-electron chi connectivity index (χ4n) is 7.00. The lowest BCUT2D eigenvalue weighted by Gasteiger charge is -2.37. The predicted molar refractivity (Wildman–Crippen MR) is 128 cm³/mol. The molecule has 35 heavy (non-hydrogen) atoms. The summed E-state index contributed by atoms with van der Waals surface area (Å²) in [7, 11) is 1.57. The molecule has 10 heteroatoms. The van der Waals surface area contributed by atoms with E-state index in [4.69, 9.17) is 9.47 Å². The van der Waals surface area contributed by atoms with Crippen LogP contribution in [0.15, 0.2) is 0 Å². The lowest BCUT2D eigenvalue weighted by molar-refractivity contribution is -0.151. The molecule has 0 aromatic carbocycles. The number of hydrogen-bond donors (Lipinski definition) is 3. The van der Waals surface area contributed by atoms with Crippen LogP contribution in [-0.4, -0.2) is 109 Å². The third-order valence-corrected chi connectivity index (χ3v) is 8.71. The van der Waals surface area contributed by atoms with Gasteiger partial charge in [-0.25, -0.2) is 0 Å². The number of morpholine rings is 1. The van der Waals surface area contributed by atoms with Crippen molar-refractivity contribution in [1.82, 2.24) is 20.4 Å².